The van der Waals surface area contributed by atoms with E-state index in [2.05, 4.69) is 48.5 Å². The van der Waals surface area contributed by atoms with Gasteiger partial charge in [0.05, 0.1) is 26.4 Å². The van der Waals surface area contributed by atoms with Crippen molar-refractivity contribution in [2.24, 2.45) is 17.8 Å². The van der Waals surface area contributed by atoms with Crippen LogP contribution in [0.4, 0.5) is 0 Å². The predicted octanol–water partition coefficient (Wildman–Crippen LogP) is 21.0. The van der Waals surface area contributed by atoms with Gasteiger partial charge in [-0.2, -0.15) is 0 Å². The monoisotopic (exact) mass is 1350 g/mol. The summed E-state index contributed by atoms with van der Waals surface area (Å²) in [6.07, 6.45) is 48.8. The summed E-state index contributed by atoms with van der Waals surface area (Å²) in [5.74, 6) is 0.0682. The van der Waals surface area contributed by atoms with Crippen LogP contribution in [0.5, 0.6) is 0 Å². The number of aliphatic hydroxyl groups excluding tert-OH is 1. The zero-order chi connectivity index (χ0) is 68.0. The third-order valence-electron chi connectivity index (χ3n) is 17.2. The SMILES string of the molecule is CCCCCCCCCCCCCCCCCCC(=O)OC[C@H](COP(=O)(O)OC[C@@H](O)COP(=O)(O)OC[C@@H](COC(=O)CCCCCCCCC(C)C)OC(=O)CCCCCCCCC(C)CC)OC(=O)CCCCCCCCCCCCCCCCC(C)C. The number of hydrogen-bond donors (Lipinski definition) is 3. The highest BCUT2D eigenvalue weighted by Gasteiger charge is 2.30. The van der Waals surface area contributed by atoms with E-state index in [9.17, 15) is 43.2 Å². The molecule has 6 atom stereocenters. The topological polar surface area (TPSA) is 237 Å². The normalized spacial score (nSPS) is 14.4. The number of unbranched alkanes of at least 4 members (excludes halogenated alkanes) is 38. The molecule has 0 rings (SSSR count). The second-order valence-corrected chi connectivity index (χ2v) is 30.4. The minimum Gasteiger partial charge on any atom is -0.462 e. The van der Waals surface area contributed by atoms with Crippen molar-refractivity contribution in [2.75, 3.05) is 39.6 Å². The highest BCUT2D eigenvalue weighted by atomic mass is 31.2. The lowest BCUT2D eigenvalue weighted by molar-refractivity contribution is -0.161. The quantitative estimate of drug-likeness (QED) is 0.0222. The van der Waals surface area contributed by atoms with Crippen molar-refractivity contribution in [2.45, 2.75) is 388 Å². The van der Waals surface area contributed by atoms with Gasteiger partial charge >= 0.3 is 39.5 Å². The Morgan fingerprint density at radius 1 is 0.315 bits per heavy atom. The lowest BCUT2D eigenvalue weighted by Gasteiger charge is -2.21. The van der Waals surface area contributed by atoms with Crippen LogP contribution in [0.25, 0.3) is 0 Å². The van der Waals surface area contributed by atoms with Crippen LogP contribution in [0.2, 0.25) is 0 Å². The summed E-state index contributed by atoms with van der Waals surface area (Å²) in [5, 5.41) is 10.6. The van der Waals surface area contributed by atoms with Gasteiger partial charge in [-0.25, -0.2) is 9.13 Å². The first-order valence-electron chi connectivity index (χ1n) is 37.9. The molecule has 3 N–H and O–H groups in total. The second-order valence-electron chi connectivity index (χ2n) is 27.5. The van der Waals surface area contributed by atoms with Gasteiger partial charge in [-0.1, -0.05) is 318 Å². The lowest BCUT2D eigenvalue weighted by Crippen LogP contribution is -2.30. The summed E-state index contributed by atoms with van der Waals surface area (Å²) >= 11 is 0. The van der Waals surface area contributed by atoms with Crippen molar-refractivity contribution in [3.8, 4) is 0 Å². The van der Waals surface area contributed by atoms with Gasteiger partial charge in [0, 0.05) is 25.7 Å². The van der Waals surface area contributed by atoms with E-state index >= 15 is 0 Å². The summed E-state index contributed by atoms with van der Waals surface area (Å²) in [5.41, 5.74) is 0. The largest absolute Gasteiger partial charge is 0.472 e. The Kier molecular flexibility index (Phi) is 62.4. The summed E-state index contributed by atoms with van der Waals surface area (Å²) in [6.45, 7) is 11.8. The fraction of sp³-hybridized carbons (Fsp3) is 0.945. The average Bonchev–Trinajstić information content (AvgIpc) is 1.46. The van der Waals surface area contributed by atoms with Crippen molar-refractivity contribution in [1.82, 2.24) is 0 Å². The zero-order valence-electron chi connectivity index (χ0n) is 60.0. The van der Waals surface area contributed by atoms with Crippen LogP contribution < -0.4 is 0 Å². The minimum atomic E-state index is -4.96. The number of carbonyl (C=O) groups excluding carboxylic acids is 4. The summed E-state index contributed by atoms with van der Waals surface area (Å²) in [6, 6.07) is 0. The van der Waals surface area contributed by atoms with Crippen molar-refractivity contribution in [3.63, 3.8) is 0 Å². The number of ether oxygens (including phenoxy) is 4. The molecule has 0 spiro atoms. The highest BCUT2D eigenvalue weighted by molar-refractivity contribution is 7.47. The Morgan fingerprint density at radius 2 is 0.554 bits per heavy atom. The first-order valence-corrected chi connectivity index (χ1v) is 40.9. The standard InChI is InChI=1S/C73H142O17P2/c1-8-10-11-12-13-14-15-16-17-18-22-25-28-31-40-47-54-70(75)83-60-68(89-72(77)56-49-42-32-29-26-23-20-19-21-24-27-30-37-44-51-64(3)4)62-87-91(79,80)85-58-67(74)59-86-92(81,82)88-63-69(61-84-71(76)55-48-41-35-33-38-45-52-65(5)6)90-73(78)57-50-43-36-34-39-46-53-66(7)9-2/h64-69,74H,8-63H2,1-7H3,(H,79,80)(H,81,82)/t66?,67-,68-,69-/m1/s1. The van der Waals surface area contributed by atoms with Gasteiger partial charge in [-0.3, -0.25) is 37.3 Å². The Hall–Kier alpha value is -1.94. The number of phosphoric acid groups is 2. The molecule has 0 bridgehead atoms. The molecule has 0 aromatic heterocycles. The molecule has 0 aliphatic heterocycles. The average molecular weight is 1350 g/mol. The van der Waals surface area contributed by atoms with Crippen LogP contribution in [-0.4, -0.2) is 96.7 Å². The molecule has 0 radical (unpaired) electrons. The summed E-state index contributed by atoms with van der Waals surface area (Å²) in [7, 11) is -9.90. The number of aliphatic hydroxyl groups is 1. The molecule has 0 fully saturated rings. The first kappa shape index (κ1) is 90.1. The van der Waals surface area contributed by atoms with Crippen molar-refractivity contribution in [1.29, 1.82) is 0 Å². The smallest absolute Gasteiger partial charge is 0.462 e. The molecular weight excluding hydrogens is 1210 g/mol. The van der Waals surface area contributed by atoms with E-state index in [0.29, 0.717) is 31.6 Å². The molecule has 3 unspecified atom stereocenters. The van der Waals surface area contributed by atoms with Crippen LogP contribution in [0, 0.1) is 17.8 Å². The van der Waals surface area contributed by atoms with Gasteiger partial charge in [-0.05, 0) is 43.4 Å². The Bertz CT molecular complexity index is 1800. The van der Waals surface area contributed by atoms with Crippen molar-refractivity contribution < 1.29 is 80.2 Å². The van der Waals surface area contributed by atoms with E-state index in [1.54, 1.807) is 0 Å². The lowest BCUT2D eigenvalue weighted by atomic mass is 10.00. The minimum absolute atomic E-state index is 0.102. The van der Waals surface area contributed by atoms with Crippen LogP contribution in [0.3, 0.4) is 0 Å². The van der Waals surface area contributed by atoms with Crippen molar-refractivity contribution in [3.05, 3.63) is 0 Å². The fourth-order valence-electron chi connectivity index (χ4n) is 11.0. The number of esters is 4. The van der Waals surface area contributed by atoms with Gasteiger partial charge in [0.25, 0.3) is 0 Å². The summed E-state index contributed by atoms with van der Waals surface area (Å²) < 4.78 is 68.3. The van der Waals surface area contributed by atoms with E-state index in [4.69, 9.17) is 37.0 Å². The molecule has 0 heterocycles. The Morgan fingerprint density at radius 3 is 0.826 bits per heavy atom. The summed E-state index contributed by atoms with van der Waals surface area (Å²) in [4.78, 5) is 72.6. The third-order valence-corrected chi connectivity index (χ3v) is 19.1. The molecule has 17 nitrogen and oxygen atoms in total. The van der Waals surface area contributed by atoms with E-state index in [1.807, 2.05) is 0 Å². The van der Waals surface area contributed by atoms with E-state index < -0.39 is 97.5 Å². The predicted molar refractivity (Wildman–Crippen MR) is 372 cm³/mol. The van der Waals surface area contributed by atoms with Crippen LogP contribution in [0.15, 0.2) is 0 Å². The fourth-order valence-corrected chi connectivity index (χ4v) is 12.6. The Balaban J connectivity index is 5.23. The maximum Gasteiger partial charge on any atom is 0.472 e. The number of hydrogen-bond acceptors (Lipinski definition) is 15. The first-order chi connectivity index (χ1) is 44.3. The molecule has 0 aliphatic carbocycles. The number of carbonyl (C=O) groups is 4. The van der Waals surface area contributed by atoms with Crippen LogP contribution in [0.1, 0.15) is 370 Å². The molecule has 546 valence electrons. The molecule has 92 heavy (non-hydrogen) atoms. The van der Waals surface area contributed by atoms with E-state index in [-0.39, 0.29) is 25.7 Å². The highest BCUT2D eigenvalue weighted by Crippen LogP contribution is 2.45. The van der Waals surface area contributed by atoms with Gasteiger partial charge in [0.15, 0.2) is 12.2 Å². The van der Waals surface area contributed by atoms with E-state index in [0.717, 1.165) is 108 Å². The molecule has 0 saturated carbocycles. The van der Waals surface area contributed by atoms with Gasteiger partial charge < -0.3 is 33.8 Å². The van der Waals surface area contributed by atoms with Gasteiger partial charge in [0.1, 0.15) is 19.3 Å². The van der Waals surface area contributed by atoms with Crippen molar-refractivity contribution >= 4 is 39.5 Å². The molecular formula is C73H142O17P2. The second kappa shape index (κ2) is 63.8. The van der Waals surface area contributed by atoms with Crippen LogP contribution >= 0.6 is 15.6 Å². The third kappa shape index (κ3) is 65.4. The van der Waals surface area contributed by atoms with Gasteiger partial charge in [0.2, 0.25) is 0 Å². The maximum absolute atomic E-state index is 13.1. The maximum atomic E-state index is 13.1. The zero-order valence-corrected chi connectivity index (χ0v) is 61.8. The molecule has 0 aliphatic rings. The molecule has 0 amide bonds. The number of rotatable bonds is 71. The number of phosphoric ester groups is 2. The van der Waals surface area contributed by atoms with Crippen LogP contribution in [-0.2, 0) is 65.4 Å². The molecule has 0 aromatic rings. The molecule has 0 saturated heterocycles. The van der Waals surface area contributed by atoms with E-state index in [1.165, 1.54) is 173 Å². The van der Waals surface area contributed by atoms with Gasteiger partial charge in [-0.15, -0.1) is 0 Å². The molecule has 19 heteroatoms. The Labute approximate surface area is 562 Å². The molecule has 0 aromatic carbocycles.